The van der Waals surface area contributed by atoms with E-state index in [1.54, 1.807) is 0 Å². The van der Waals surface area contributed by atoms with Gasteiger partial charge in [0.25, 0.3) is 0 Å². The summed E-state index contributed by atoms with van der Waals surface area (Å²) in [5.74, 6) is 1.52. The molecule has 3 rings (SSSR count). The lowest BCUT2D eigenvalue weighted by atomic mass is 9.75. The first-order chi connectivity index (χ1) is 9.80. The predicted octanol–water partition coefficient (Wildman–Crippen LogP) is 3.10. The SMILES string of the molecule is C=C(B1OC(C)(C)C(C)(C)O1)c1ccc2c(c1)OCCO2. The van der Waals surface area contributed by atoms with Crippen molar-refractivity contribution in [1.29, 1.82) is 0 Å². The highest BCUT2D eigenvalue weighted by molar-refractivity contribution is 6.68. The molecule has 1 aromatic carbocycles. The molecule has 2 heterocycles. The summed E-state index contributed by atoms with van der Waals surface area (Å²) in [6.45, 7) is 13.4. The summed E-state index contributed by atoms with van der Waals surface area (Å²) >= 11 is 0. The van der Waals surface area contributed by atoms with E-state index in [4.69, 9.17) is 18.8 Å². The van der Waals surface area contributed by atoms with E-state index in [1.165, 1.54) is 0 Å². The molecule has 0 bridgehead atoms. The third kappa shape index (κ3) is 2.45. The zero-order valence-corrected chi connectivity index (χ0v) is 13.1. The Morgan fingerprint density at radius 3 is 2.19 bits per heavy atom. The molecule has 0 saturated carbocycles. The molecule has 0 atom stereocenters. The number of benzene rings is 1. The fourth-order valence-electron chi connectivity index (χ4n) is 2.36. The zero-order valence-electron chi connectivity index (χ0n) is 13.1. The molecule has 4 nitrogen and oxygen atoms in total. The largest absolute Gasteiger partial charge is 0.494 e. The van der Waals surface area contributed by atoms with Crippen molar-refractivity contribution in [2.24, 2.45) is 0 Å². The van der Waals surface area contributed by atoms with Crippen LogP contribution >= 0.6 is 0 Å². The average Bonchev–Trinajstić information content (AvgIpc) is 2.66. The van der Waals surface area contributed by atoms with Gasteiger partial charge in [0.2, 0.25) is 0 Å². The third-order valence-electron chi connectivity index (χ3n) is 4.45. The molecule has 0 amide bonds. The summed E-state index contributed by atoms with van der Waals surface area (Å²) in [5.41, 5.74) is 1.01. The quantitative estimate of drug-likeness (QED) is 0.784. The maximum atomic E-state index is 6.03. The Kier molecular flexibility index (Phi) is 3.30. The van der Waals surface area contributed by atoms with E-state index in [1.807, 2.05) is 45.9 Å². The maximum Gasteiger partial charge on any atom is 0.494 e. The topological polar surface area (TPSA) is 36.9 Å². The second-order valence-electron chi connectivity index (χ2n) is 6.47. The van der Waals surface area contributed by atoms with Gasteiger partial charge in [-0.25, -0.2) is 0 Å². The monoisotopic (exact) mass is 288 g/mol. The van der Waals surface area contributed by atoms with Crippen molar-refractivity contribution in [2.45, 2.75) is 38.9 Å². The van der Waals surface area contributed by atoms with Crippen LogP contribution in [0.5, 0.6) is 11.5 Å². The van der Waals surface area contributed by atoms with Gasteiger partial charge < -0.3 is 18.8 Å². The summed E-state index contributed by atoms with van der Waals surface area (Å²) in [4.78, 5) is 0. The highest BCUT2D eigenvalue weighted by atomic mass is 16.7. The number of ether oxygens (including phenoxy) is 2. The maximum absolute atomic E-state index is 6.03. The van der Waals surface area contributed by atoms with Crippen molar-refractivity contribution in [2.75, 3.05) is 13.2 Å². The lowest BCUT2D eigenvalue weighted by molar-refractivity contribution is 0.00578. The van der Waals surface area contributed by atoms with E-state index < -0.39 is 7.12 Å². The van der Waals surface area contributed by atoms with Gasteiger partial charge in [0.1, 0.15) is 13.2 Å². The molecule has 0 aromatic heterocycles. The van der Waals surface area contributed by atoms with Crippen molar-refractivity contribution in [3.05, 3.63) is 30.3 Å². The van der Waals surface area contributed by atoms with Crippen LogP contribution in [0.25, 0.3) is 5.47 Å². The molecule has 1 aromatic rings. The molecule has 2 aliphatic rings. The molecule has 0 unspecified atom stereocenters. The minimum absolute atomic E-state index is 0.367. The smallest absolute Gasteiger partial charge is 0.486 e. The molecular formula is C16H21BO4. The lowest BCUT2D eigenvalue weighted by Crippen LogP contribution is -2.41. The minimum Gasteiger partial charge on any atom is -0.486 e. The van der Waals surface area contributed by atoms with Crippen LogP contribution in [0.15, 0.2) is 24.8 Å². The van der Waals surface area contributed by atoms with Crippen LogP contribution < -0.4 is 9.47 Å². The summed E-state index contributed by atoms with van der Waals surface area (Å²) in [6.07, 6.45) is 0. The van der Waals surface area contributed by atoms with Gasteiger partial charge >= 0.3 is 7.12 Å². The Morgan fingerprint density at radius 2 is 1.57 bits per heavy atom. The van der Waals surface area contributed by atoms with E-state index >= 15 is 0 Å². The Balaban J connectivity index is 1.83. The molecule has 0 radical (unpaired) electrons. The fraction of sp³-hybridized carbons (Fsp3) is 0.500. The van der Waals surface area contributed by atoms with E-state index in [0.29, 0.717) is 13.2 Å². The van der Waals surface area contributed by atoms with Crippen molar-refractivity contribution < 1.29 is 18.8 Å². The summed E-state index contributed by atoms with van der Waals surface area (Å²) in [7, 11) is -0.447. The second-order valence-corrected chi connectivity index (χ2v) is 6.47. The van der Waals surface area contributed by atoms with Crippen LogP contribution in [-0.4, -0.2) is 31.5 Å². The van der Waals surface area contributed by atoms with Crippen LogP contribution in [0.4, 0.5) is 0 Å². The van der Waals surface area contributed by atoms with Gasteiger partial charge in [-0.1, -0.05) is 12.6 Å². The first-order valence-electron chi connectivity index (χ1n) is 7.25. The highest BCUT2D eigenvalue weighted by Crippen LogP contribution is 2.41. The van der Waals surface area contributed by atoms with Gasteiger partial charge in [0.15, 0.2) is 11.5 Å². The van der Waals surface area contributed by atoms with Crippen LogP contribution in [0, 0.1) is 0 Å². The van der Waals surface area contributed by atoms with E-state index in [2.05, 4.69) is 6.58 Å². The molecule has 2 aliphatic heterocycles. The fourth-order valence-corrected chi connectivity index (χ4v) is 2.36. The molecule has 0 aliphatic carbocycles. The third-order valence-corrected chi connectivity index (χ3v) is 4.45. The van der Waals surface area contributed by atoms with Crippen LogP contribution in [-0.2, 0) is 9.31 Å². The van der Waals surface area contributed by atoms with Gasteiger partial charge in [0.05, 0.1) is 11.2 Å². The molecule has 1 fully saturated rings. The Morgan fingerprint density at radius 1 is 1.00 bits per heavy atom. The summed E-state index contributed by atoms with van der Waals surface area (Å²) in [6, 6.07) is 5.79. The van der Waals surface area contributed by atoms with Gasteiger partial charge in [0, 0.05) is 0 Å². The Bertz CT molecular complexity index is 564. The molecule has 0 spiro atoms. The Hall–Kier alpha value is -1.46. The normalized spacial score (nSPS) is 22.2. The number of hydrogen-bond donors (Lipinski definition) is 0. The highest BCUT2D eigenvalue weighted by Gasteiger charge is 2.52. The van der Waals surface area contributed by atoms with Crippen LogP contribution in [0.1, 0.15) is 33.3 Å². The van der Waals surface area contributed by atoms with Gasteiger partial charge in [-0.15, -0.1) is 0 Å². The number of hydrogen-bond acceptors (Lipinski definition) is 4. The molecule has 21 heavy (non-hydrogen) atoms. The standard InChI is InChI=1S/C16H21BO4/c1-11(17-20-15(2,3)16(4,5)21-17)12-6-7-13-14(10-12)19-9-8-18-13/h6-7,10H,1,8-9H2,2-5H3. The summed E-state index contributed by atoms with van der Waals surface area (Å²) < 4.78 is 23.2. The zero-order chi connectivity index (χ0) is 15.3. The first kappa shape index (κ1) is 14.5. The van der Waals surface area contributed by atoms with E-state index in [9.17, 15) is 0 Å². The van der Waals surface area contributed by atoms with Crippen molar-refractivity contribution in [3.63, 3.8) is 0 Å². The molecule has 1 saturated heterocycles. The van der Waals surface area contributed by atoms with Crippen LogP contribution in [0.2, 0.25) is 0 Å². The average molecular weight is 288 g/mol. The first-order valence-corrected chi connectivity index (χ1v) is 7.25. The van der Waals surface area contributed by atoms with Gasteiger partial charge in [-0.3, -0.25) is 0 Å². The van der Waals surface area contributed by atoms with Crippen molar-refractivity contribution in [1.82, 2.24) is 0 Å². The molecular weight excluding hydrogens is 267 g/mol. The van der Waals surface area contributed by atoms with Crippen molar-refractivity contribution in [3.8, 4) is 11.5 Å². The molecule has 5 heteroatoms. The van der Waals surface area contributed by atoms with E-state index in [0.717, 1.165) is 22.5 Å². The van der Waals surface area contributed by atoms with Gasteiger partial charge in [-0.2, -0.15) is 0 Å². The van der Waals surface area contributed by atoms with Crippen LogP contribution in [0.3, 0.4) is 0 Å². The Labute approximate surface area is 126 Å². The van der Waals surface area contributed by atoms with Crippen molar-refractivity contribution >= 4 is 12.6 Å². The second kappa shape index (κ2) is 4.78. The molecule has 112 valence electrons. The van der Waals surface area contributed by atoms with E-state index in [-0.39, 0.29) is 11.2 Å². The number of fused-ring (bicyclic) bond motifs is 1. The van der Waals surface area contributed by atoms with Gasteiger partial charge in [-0.05, 0) is 50.9 Å². The summed E-state index contributed by atoms with van der Waals surface area (Å²) in [5, 5.41) is 0. The number of rotatable bonds is 2. The minimum atomic E-state index is -0.447. The molecule has 0 N–H and O–H groups in total. The lowest BCUT2D eigenvalue weighted by Gasteiger charge is -2.32. The predicted molar refractivity (Wildman–Crippen MR) is 82.5 cm³/mol.